The summed E-state index contributed by atoms with van der Waals surface area (Å²) in [4.78, 5) is 11.9. The van der Waals surface area contributed by atoms with E-state index in [1.807, 2.05) is 58.0 Å². The van der Waals surface area contributed by atoms with Gasteiger partial charge in [0, 0.05) is 11.6 Å². The summed E-state index contributed by atoms with van der Waals surface area (Å²) in [6.07, 6.45) is 1.58. The minimum Gasteiger partial charge on any atom is -0.490 e. The molecule has 0 fully saturated rings. The highest BCUT2D eigenvalue weighted by molar-refractivity contribution is 6.02. The maximum atomic E-state index is 11.9. The van der Waals surface area contributed by atoms with E-state index in [-0.39, 0.29) is 23.6 Å². The van der Waals surface area contributed by atoms with Gasteiger partial charge >= 0.3 is 0 Å². The van der Waals surface area contributed by atoms with E-state index in [9.17, 15) is 4.79 Å². The Morgan fingerprint density at radius 2 is 1.95 bits per heavy atom. The second-order valence-corrected chi connectivity index (χ2v) is 5.00. The summed E-state index contributed by atoms with van der Waals surface area (Å²) in [7, 11) is 0. The zero-order chi connectivity index (χ0) is 15.1. The second kappa shape index (κ2) is 7.34. The molecule has 0 heterocycles. The van der Waals surface area contributed by atoms with Crippen LogP contribution in [0.3, 0.4) is 0 Å². The zero-order valence-electron chi connectivity index (χ0n) is 12.3. The topological polar surface area (TPSA) is 62.1 Å². The summed E-state index contributed by atoms with van der Waals surface area (Å²) >= 11 is 0. The van der Waals surface area contributed by atoms with E-state index >= 15 is 0 Å². The van der Waals surface area contributed by atoms with E-state index in [1.54, 1.807) is 6.08 Å². The van der Waals surface area contributed by atoms with Crippen molar-refractivity contribution in [3.05, 3.63) is 35.4 Å². The fourth-order valence-corrected chi connectivity index (χ4v) is 1.61. The summed E-state index contributed by atoms with van der Waals surface area (Å²) in [5.74, 6) is 0.287. The maximum Gasteiger partial charge on any atom is 0.262 e. The molecule has 0 bridgehead atoms. The second-order valence-electron chi connectivity index (χ2n) is 5.00. The number of amides is 1. The summed E-state index contributed by atoms with van der Waals surface area (Å²) in [5, 5.41) is 11.8. The van der Waals surface area contributed by atoms with Crippen molar-refractivity contribution in [1.29, 1.82) is 5.26 Å². The number of benzene rings is 1. The van der Waals surface area contributed by atoms with Crippen LogP contribution in [0.5, 0.6) is 5.75 Å². The van der Waals surface area contributed by atoms with Gasteiger partial charge in [0.15, 0.2) is 0 Å². The molecule has 4 heteroatoms. The van der Waals surface area contributed by atoms with Crippen molar-refractivity contribution in [3.63, 3.8) is 0 Å². The number of hydrogen-bond acceptors (Lipinski definition) is 3. The van der Waals surface area contributed by atoms with Gasteiger partial charge in [0.25, 0.3) is 5.91 Å². The van der Waals surface area contributed by atoms with Crippen molar-refractivity contribution in [2.75, 3.05) is 0 Å². The Hall–Kier alpha value is -2.28. The van der Waals surface area contributed by atoms with Crippen LogP contribution in [0.1, 0.15) is 33.3 Å². The molecule has 1 aromatic carbocycles. The minimum absolute atomic E-state index is 0.0126. The molecule has 4 nitrogen and oxygen atoms in total. The minimum atomic E-state index is -0.373. The predicted octanol–water partition coefficient (Wildman–Crippen LogP) is 2.91. The normalized spacial score (nSPS) is 11.3. The molecule has 0 spiro atoms. The van der Waals surface area contributed by atoms with Crippen molar-refractivity contribution < 1.29 is 9.53 Å². The average Bonchev–Trinajstić information content (AvgIpc) is 2.36. The molecule has 0 aliphatic rings. The largest absolute Gasteiger partial charge is 0.490 e. The fourth-order valence-electron chi connectivity index (χ4n) is 1.61. The Bertz CT molecular complexity index is 540. The number of para-hydroxylation sites is 1. The van der Waals surface area contributed by atoms with E-state index in [2.05, 4.69) is 5.32 Å². The number of nitriles is 1. The SMILES string of the molecule is CC(C)NC(=O)/C(C#N)=C\c1ccccc1OC(C)C. The molecule has 1 aromatic rings. The van der Waals surface area contributed by atoms with Crippen molar-refractivity contribution >= 4 is 12.0 Å². The van der Waals surface area contributed by atoms with Crippen molar-refractivity contribution in [2.24, 2.45) is 0 Å². The molecule has 0 aliphatic heterocycles. The molecule has 1 amide bonds. The molecule has 1 rings (SSSR count). The van der Waals surface area contributed by atoms with E-state index in [0.717, 1.165) is 5.56 Å². The molecule has 0 radical (unpaired) electrons. The Balaban J connectivity index is 3.07. The lowest BCUT2D eigenvalue weighted by molar-refractivity contribution is -0.117. The average molecular weight is 272 g/mol. The molecule has 0 saturated carbocycles. The Kier molecular flexibility index (Phi) is 5.79. The lowest BCUT2D eigenvalue weighted by Gasteiger charge is -2.12. The summed E-state index contributed by atoms with van der Waals surface area (Å²) in [5.41, 5.74) is 0.787. The van der Waals surface area contributed by atoms with E-state index < -0.39 is 0 Å². The van der Waals surface area contributed by atoms with Gasteiger partial charge in [-0.2, -0.15) is 5.26 Å². The molecule has 0 aromatic heterocycles. The van der Waals surface area contributed by atoms with Crippen LogP contribution in [-0.2, 0) is 4.79 Å². The van der Waals surface area contributed by atoms with E-state index in [0.29, 0.717) is 5.75 Å². The Morgan fingerprint density at radius 3 is 2.50 bits per heavy atom. The van der Waals surface area contributed by atoms with E-state index in [1.165, 1.54) is 0 Å². The van der Waals surface area contributed by atoms with Crippen LogP contribution in [0, 0.1) is 11.3 Å². The Labute approximate surface area is 120 Å². The van der Waals surface area contributed by atoms with Gasteiger partial charge in [-0.05, 0) is 39.8 Å². The smallest absolute Gasteiger partial charge is 0.262 e. The van der Waals surface area contributed by atoms with Crippen molar-refractivity contribution in [1.82, 2.24) is 5.32 Å². The quantitative estimate of drug-likeness (QED) is 0.662. The van der Waals surface area contributed by atoms with Crippen LogP contribution < -0.4 is 10.1 Å². The highest BCUT2D eigenvalue weighted by Crippen LogP contribution is 2.22. The number of carbonyl (C=O) groups excluding carboxylic acids is 1. The van der Waals surface area contributed by atoms with Gasteiger partial charge in [0.2, 0.25) is 0 Å². The highest BCUT2D eigenvalue weighted by Gasteiger charge is 2.11. The summed E-state index contributed by atoms with van der Waals surface area (Å²) in [6, 6.07) is 9.25. The standard InChI is InChI=1S/C16H20N2O2/c1-11(2)18-16(19)14(10-17)9-13-7-5-6-8-15(13)20-12(3)4/h5-9,11-12H,1-4H3,(H,18,19)/b14-9-. The lowest BCUT2D eigenvalue weighted by atomic mass is 10.1. The number of carbonyl (C=O) groups is 1. The van der Waals surface area contributed by atoms with Gasteiger partial charge in [-0.3, -0.25) is 4.79 Å². The highest BCUT2D eigenvalue weighted by atomic mass is 16.5. The zero-order valence-corrected chi connectivity index (χ0v) is 12.3. The fraction of sp³-hybridized carbons (Fsp3) is 0.375. The molecule has 0 atom stereocenters. The predicted molar refractivity (Wildman–Crippen MR) is 79.1 cm³/mol. The first-order valence-corrected chi connectivity index (χ1v) is 6.62. The first-order chi connectivity index (χ1) is 9.43. The lowest BCUT2D eigenvalue weighted by Crippen LogP contribution is -2.30. The van der Waals surface area contributed by atoms with Gasteiger partial charge < -0.3 is 10.1 Å². The Morgan fingerprint density at radius 1 is 1.30 bits per heavy atom. The van der Waals surface area contributed by atoms with Crippen LogP contribution in [0.25, 0.3) is 6.08 Å². The number of ether oxygens (including phenoxy) is 1. The van der Waals surface area contributed by atoms with Crippen LogP contribution in [-0.4, -0.2) is 18.1 Å². The van der Waals surface area contributed by atoms with Crippen molar-refractivity contribution in [3.8, 4) is 11.8 Å². The molecular formula is C16H20N2O2. The van der Waals surface area contributed by atoms with Crippen LogP contribution >= 0.6 is 0 Å². The maximum absolute atomic E-state index is 11.9. The molecular weight excluding hydrogens is 252 g/mol. The molecule has 20 heavy (non-hydrogen) atoms. The van der Waals surface area contributed by atoms with Crippen LogP contribution in [0.4, 0.5) is 0 Å². The molecule has 0 unspecified atom stereocenters. The van der Waals surface area contributed by atoms with Gasteiger partial charge in [-0.25, -0.2) is 0 Å². The first-order valence-electron chi connectivity index (χ1n) is 6.62. The van der Waals surface area contributed by atoms with Gasteiger partial charge in [-0.1, -0.05) is 18.2 Å². The number of hydrogen-bond donors (Lipinski definition) is 1. The monoisotopic (exact) mass is 272 g/mol. The third-order valence-electron chi connectivity index (χ3n) is 2.37. The third-order valence-corrected chi connectivity index (χ3v) is 2.37. The molecule has 0 aliphatic carbocycles. The van der Waals surface area contributed by atoms with Crippen LogP contribution in [0.15, 0.2) is 29.8 Å². The first kappa shape index (κ1) is 15.8. The van der Waals surface area contributed by atoms with E-state index in [4.69, 9.17) is 10.00 Å². The summed E-state index contributed by atoms with van der Waals surface area (Å²) < 4.78 is 5.67. The summed E-state index contributed by atoms with van der Waals surface area (Å²) in [6.45, 7) is 7.56. The third kappa shape index (κ3) is 4.77. The molecule has 106 valence electrons. The van der Waals surface area contributed by atoms with Gasteiger partial charge in [0.05, 0.1) is 6.10 Å². The molecule has 0 saturated heterocycles. The van der Waals surface area contributed by atoms with Crippen molar-refractivity contribution in [2.45, 2.75) is 39.8 Å². The van der Waals surface area contributed by atoms with Gasteiger partial charge in [0.1, 0.15) is 17.4 Å². The van der Waals surface area contributed by atoms with Gasteiger partial charge in [-0.15, -0.1) is 0 Å². The van der Waals surface area contributed by atoms with Crippen LogP contribution in [0.2, 0.25) is 0 Å². The number of rotatable bonds is 5. The molecule has 1 N–H and O–H groups in total. The number of nitrogens with zero attached hydrogens (tertiary/aromatic N) is 1. The number of nitrogens with one attached hydrogen (secondary N) is 1.